The number of amides is 1. The van der Waals surface area contributed by atoms with Gasteiger partial charge in [0.25, 0.3) is 0 Å². The Morgan fingerprint density at radius 3 is 3.15 bits per heavy atom. The molecule has 0 aliphatic heterocycles. The van der Waals surface area contributed by atoms with Crippen LogP contribution in [0.1, 0.15) is 31.0 Å². The fourth-order valence-corrected chi connectivity index (χ4v) is 3.32. The van der Waals surface area contributed by atoms with Crippen LogP contribution < -0.4 is 11.1 Å². The van der Waals surface area contributed by atoms with Crippen molar-refractivity contribution >= 4 is 22.4 Å². The molecule has 0 bridgehead atoms. The Hall–Kier alpha value is -1.89. The van der Waals surface area contributed by atoms with Gasteiger partial charge in [-0.15, -0.1) is 11.3 Å². The molecule has 2 aromatic rings. The van der Waals surface area contributed by atoms with E-state index in [2.05, 4.69) is 19.9 Å². The van der Waals surface area contributed by atoms with Crippen molar-refractivity contribution in [2.75, 3.05) is 5.73 Å². The molecule has 1 saturated carbocycles. The van der Waals surface area contributed by atoms with Gasteiger partial charge in [-0.05, 0) is 19.3 Å². The first-order chi connectivity index (χ1) is 9.72. The summed E-state index contributed by atoms with van der Waals surface area (Å²) in [6, 6.07) is 0.481. The molecule has 3 rings (SSSR count). The van der Waals surface area contributed by atoms with E-state index in [1.54, 1.807) is 6.20 Å². The van der Waals surface area contributed by atoms with E-state index in [4.69, 9.17) is 5.73 Å². The average Bonchev–Trinajstić information content (AvgIpc) is 3.10. The summed E-state index contributed by atoms with van der Waals surface area (Å²) >= 11 is 1.36. The van der Waals surface area contributed by atoms with Crippen LogP contribution in [0, 0.1) is 0 Å². The molecule has 2 unspecified atom stereocenters. The summed E-state index contributed by atoms with van der Waals surface area (Å²) in [4.78, 5) is 20.3. The third-order valence-corrected chi connectivity index (χ3v) is 4.37. The van der Waals surface area contributed by atoms with Gasteiger partial charge in [-0.25, -0.2) is 9.97 Å². The number of nitrogens with zero attached hydrogens (tertiary/aromatic N) is 3. The predicted molar refractivity (Wildman–Crippen MR) is 77.3 cm³/mol. The number of anilines is 1. The number of nitrogen functional groups attached to an aromatic ring is 1. The molecule has 1 aliphatic rings. The molecule has 3 N–H and O–H groups in total. The fourth-order valence-electron chi connectivity index (χ4n) is 2.76. The Balaban J connectivity index is 1.60. The summed E-state index contributed by atoms with van der Waals surface area (Å²) in [5.74, 6) is 0.00677. The Kier molecular flexibility index (Phi) is 3.68. The minimum Gasteiger partial charge on any atom is -0.375 e. The van der Waals surface area contributed by atoms with Gasteiger partial charge in [-0.1, -0.05) is 0 Å². The normalized spacial score (nSPS) is 22.0. The number of rotatable bonds is 4. The number of carbonyl (C=O) groups excluding carboxylic acids is 1. The molecule has 0 saturated heterocycles. The maximum absolute atomic E-state index is 12.1. The van der Waals surface area contributed by atoms with Gasteiger partial charge in [0.15, 0.2) is 5.13 Å². The van der Waals surface area contributed by atoms with Crippen molar-refractivity contribution in [2.45, 2.75) is 37.8 Å². The topological polar surface area (TPSA) is 85.8 Å². The van der Waals surface area contributed by atoms with Crippen molar-refractivity contribution in [1.29, 1.82) is 0 Å². The van der Waals surface area contributed by atoms with E-state index in [1.165, 1.54) is 11.3 Å². The smallest absolute Gasteiger partial charge is 0.226 e. The molecule has 1 aliphatic carbocycles. The molecule has 6 nitrogen and oxygen atoms in total. The molecule has 106 valence electrons. The Labute approximate surface area is 121 Å². The first-order valence-electron chi connectivity index (χ1n) is 6.69. The Bertz CT molecular complexity index is 579. The maximum Gasteiger partial charge on any atom is 0.226 e. The lowest BCUT2D eigenvalue weighted by Gasteiger charge is -2.22. The zero-order chi connectivity index (χ0) is 13.9. The molecule has 20 heavy (non-hydrogen) atoms. The van der Waals surface area contributed by atoms with Crippen LogP contribution in [0.4, 0.5) is 5.13 Å². The van der Waals surface area contributed by atoms with Crippen molar-refractivity contribution in [3.05, 3.63) is 29.8 Å². The molecular weight excluding hydrogens is 274 g/mol. The lowest BCUT2D eigenvalue weighted by Crippen LogP contribution is -2.39. The minimum absolute atomic E-state index is 0.00677. The van der Waals surface area contributed by atoms with E-state index in [1.807, 2.05) is 17.9 Å². The number of hydrogen-bond donors (Lipinski definition) is 2. The predicted octanol–water partition coefficient (Wildman–Crippen LogP) is 1.37. The minimum atomic E-state index is 0.00677. The number of aromatic nitrogens is 3. The van der Waals surface area contributed by atoms with Gasteiger partial charge in [0.2, 0.25) is 5.91 Å². The van der Waals surface area contributed by atoms with Crippen LogP contribution in [-0.2, 0) is 11.2 Å². The van der Waals surface area contributed by atoms with Crippen molar-refractivity contribution in [3.63, 3.8) is 0 Å². The quantitative estimate of drug-likeness (QED) is 0.891. The zero-order valence-corrected chi connectivity index (χ0v) is 11.8. The molecular formula is C13H17N5OS. The van der Waals surface area contributed by atoms with E-state index in [9.17, 15) is 4.79 Å². The largest absolute Gasteiger partial charge is 0.375 e. The maximum atomic E-state index is 12.1. The number of carbonyl (C=O) groups is 1. The third kappa shape index (κ3) is 2.82. The molecule has 7 heteroatoms. The fraction of sp³-hybridized carbons (Fsp3) is 0.462. The van der Waals surface area contributed by atoms with Crippen LogP contribution in [0.3, 0.4) is 0 Å². The van der Waals surface area contributed by atoms with Crippen LogP contribution in [0.15, 0.2) is 24.1 Å². The van der Waals surface area contributed by atoms with Gasteiger partial charge in [-0.3, -0.25) is 4.79 Å². The Morgan fingerprint density at radius 2 is 2.45 bits per heavy atom. The molecule has 2 atom stereocenters. The van der Waals surface area contributed by atoms with Crippen molar-refractivity contribution in [2.24, 2.45) is 0 Å². The van der Waals surface area contributed by atoms with Gasteiger partial charge in [0.1, 0.15) is 0 Å². The highest BCUT2D eigenvalue weighted by Gasteiger charge is 2.29. The van der Waals surface area contributed by atoms with Gasteiger partial charge in [0, 0.05) is 23.8 Å². The molecule has 1 fully saturated rings. The number of nitrogens with one attached hydrogen (secondary N) is 1. The summed E-state index contributed by atoms with van der Waals surface area (Å²) < 4.78 is 2.08. The van der Waals surface area contributed by atoms with E-state index in [0.717, 1.165) is 25.0 Å². The Morgan fingerprint density at radius 1 is 1.55 bits per heavy atom. The summed E-state index contributed by atoms with van der Waals surface area (Å²) in [6.45, 7) is 0. The SMILES string of the molecule is Nc1nc(CC(=O)NC2CCCC2n2ccnc2)cs1. The lowest BCUT2D eigenvalue weighted by atomic mass is 10.1. The van der Waals surface area contributed by atoms with Crippen molar-refractivity contribution in [1.82, 2.24) is 19.9 Å². The van der Waals surface area contributed by atoms with Crippen molar-refractivity contribution < 1.29 is 4.79 Å². The zero-order valence-electron chi connectivity index (χ0n) is 11.0. The van der Waals surface area contributed by atoms with Crippen LogP contribution in [0.5, 0.6) is 0 Å². The summed E-state index contributed by atoms with van der Waals surface area (Å²) in [7, 11) is 0. The molecule has 0 aromatic carbocycles. The highest BCUT2D eigenvalue weighted by molar-refractivity contribution is 7.13. The summed E-state index contributed by atoms with van der Waals surface area (Å²) in [5, 5.41) is 5.45. The summed E-state index contributed by atoms with van der Waals surface area (Å²) in [6.07, 6.45) is 9.04. The van der Waals surface area contributed by atoms with Crippen molar-refractivity contribution in [3.8, 4) is 0 Å². The average molecular weight is 291 g/mol. The highest BCUT2D eigenvalue weighted by Crippen LogP contribution is 2.29. The van der Waals surface area contributed by atoms with E-state index in [0.29, 0.717) is 17.6 Å². The van der Waals surface area contributed by atoms with Gasteiger partial charge >= 0.3 is 0 Å². The van der Waals surface area contributed by atoms with Crippen LogP contribution in [-0.4, -0.2) is 26.5 Å². The molecule has 0 spiro atoms. The first-order valence-corrected chi connectivity index (χ1v) is 7.57. The number of imidazole rings is 1. The van der Waals surface area contributed by atoms with Crippen LogP contribution >= 0.6 is 11.3 Å². The molecule has 1 amide bonds. The monoisotopic (exact) mass is 291 g/mol. The number of hydrogen-bond acceptors (Lipinski definition) is 5. The second-order valence-corrected chi connectivity index (χ2v) is 5.93. The van der Waals surface area contributed by atoms with Crippen LogP contribution in [0.25, 0.3) is 0 Å². The summed E-state index contributed by atoms with van der Waals surface area (Å²) in [5.41, 5.74) is 6.31. The third-order valence-electron chi connectivity index (χ3n) is 3.64. The van der Waals surface area contributed by atoms with E-state index < -0.39 is 0 Å². The highest BCUT2D eigenvalue weighted by atomic mass is 32.1. The van der Waals surface area contributed by atoms with Gasteiger partial charge < -0.3 is 15.6 Å². The standard InChI is InChI=1S/C13H17N5OS/c14-13-16-9(7-20-13)6-12(19)17-10-2-1-3-11(10)18-5-4-15-8-18/h4-5,7-8,10-11H,1-3,6H2,(H2,14,16)(H,17,19). The molecule has 0 radical (unpaired) electrons. The van der Waals surface area contributed by atoms with E-state index >= 15 is 0 Å². The van der Waals surface area contributed by atoms with E-state index in [-0.39, 0.29) is 11.9 Å². The lowest BCUT2D eigenvalue weighted by molar-refractivity contribution is -0.121. The number of nitrogens with two attached hydrogens (primary N) is 1. The first kappa shape index (κ1) is 13.1. The van der Waals surface area contributed by atoms with Crippen LogP contribution in [0.2, 0.25) is 0 Å². The molecule has 2 heterocycles. The second kappa shape index (κ2) is 5.62. The van der Waals surface area contributed by atoms with Gasteiger partial charge in [-0.2, -0.15) is 0 Å². The number of thiazole rings is 1. The second-order valence-electron chi connectivity index (χ2n) is 5.04. The van der Waals surface area contributed by atoms with Gasteiger partial charge in [0.05, 0.1) is 24.5 Å². The molecule has 2 aromatic heterocycles.